The minimum atomic E-state index is -0.487. The molecule has 0 unspecified atom stereocenters. The predicted molar refractivity (Wildman–Crippen MR) is 119 cm³/mol. The summed E-state index contributed by atoms with van der Waals surface area (Å²) in [6.07, 6.45) is 5.31. The first-order chi connectivity index (χ1) is 14.6. The predicted octanol–water partition coefficient (Wildman–Crippen LogP) is 5.21. The summed E-state index contributed by atoms with van der Waals surface area (Å²) in [6, 6.07) is 6.78. The number of hydrogen-bond acceptors (Lipinski definition) is 3. The first-order valence-corrected chi connectivity index (χ1v) is 11.6. The third kappa shape index (κ3) is 6.68. The zero-order valence-corrected chi connectivity index (χ0v) is 19.4. The Morgan fingerprint density at radius 3 is 2.16 bits per heavy atom. The van der Waals surface area contributed by atoms with Crippen LogP contribution in [0.3, 0.4) is 0 Å². The Bertz CT molecular complexity index is 743. The number of halogens is 1. The van der Waals surface area contributed by atoms with E-state index in [1.807, 2.05) is 37.8 Å². The maximum Gasteiger partial charge on any atom is 0.410 e. The molecular weight excluding hydrogens is 395 g/mol. The lowest BCUT2D eigenvalue weighted by Gasteiger charge is -2.37. The topological polar surface area (TPSA) is 49.9 Å². The number of likely N-dealkylation sites (tertiary alicyclic amines) is 1. The smallest absolute Gasteiger partial charge is 0.410 e. The number of nitrogens with zero attached hydrogens (tertiary/aromatic N) is 2. The zero-order chi connectivity index (χ0) is 22.6. The van der Waals surface area contributed by atoms with Crippen LogP contribution in [0.4, 0.5) is 9.18 Å². The first kappa shape index (κ1) is 23.6. The van der Waals surface area contributed by atoms with Gasteiger partial charge in [-0.3, -0.25) is 4.79 Å². The summed E-state index contributed by atoms with van der Waals surface area (Å²) in [4.78, 5) is 28.9. The van der Waals surface area contributed by atoms with Crippen LogP contribution in [-0.4, -0.2) is 54.1 Å². The van der Waals surface area contributed by atoms with Crippen LogP contribution in [0.1, 0.15) is 70.8 Å². The molecule has 1 saturated heterocycles. The van der Waals surface area contributed by atoms with Crippen LogP contribution in [0.5, 0.6) is 0 Å². The zero-order valence-electron chi connectivity index (χ0n) is 19.4. The van der Waals surface area contributed by atoms with Crippen molar-refractivity contribution in [1.82, 2.24) is 9.80 Å². The molecule has 0 N–H and O–H groups in total. The van der Waals surface area contributed by atoms with Crippen molar-refractivity contribution < 1.29 is 18.7 Å². The van der Waals surface area contributed by atoms with E-state index in [9.17, 15) is 14.0 Å². The summed E-state index contributed by atoms with van der Waals surface area (Å²) < 4.78 is 18.6. The van der Waals surface area contributed by atoms with Gasteiger partial charge in [0.1, 0.15) is 11.4 Å². The van der Waals surface area contributed by atoms with E-state index in [2.05, 4.69) is 0 Å². The molecule has 0 radical (unpaired) electrons. The van der Waals surface area contributed by atoms with E-state index in [1.165, 1.54) is 17.7 Å². The van der Waals surface area contributed by atoms with Gasteiger partial charge in [-0.1, -0.05) is 12.1 Å². The molecule has 0 atom stereocenters. The molecule has 2 fully saturated rings. The number of carbonyl (C=O) groups is 2. The summed E-state index contributed by atoms with van der Waals surface area (Å²) in [5.74, 6) is 1.01. The van der Waals surface area contributed by atoms with Gasteiger partial charge >= 0.3 is 6.09 Å². The minimum Gasteiger partial charge on any atom is -0.444 e. The van der Waals surface area contributed by atoms with Crippen LogP contribution >= 0.6 is 0 Å². The van der Waals surface area contributed by atoms with Crippen LogP contribution in [0.2, 0.25) is 0 Å². The van der Waals surface area contributed by atoms with E-state index >= 15 is 0 Å². The molecule has 2 amide bonds. The lowest BCUT2D eigenvalue weighted by atomic mass is 9.80. The van der Waals surface area contributed by atoms with Crippen molar-refractivity contribution in [2.45, 2.75) is 70.8 Å². The fourth-order valence-corrected chi connectivity index (χ4v) is 4.82. The van der Waals surface area contributed by atoms with Gasteiger partial charge in [0.2, 0.25) is 5.91 Å². The average molecular weight is 433 g/mol. The van der Waals surface area contributed by atoms with Gasteiger partial charge in [0.25, 0.3) is 0 Å². The summed E-state index contributed by atoms with van der Waals surface area (Å²) in [7, 11) is 1.79. The van der Waals surface area contributed by atoms with Gasteiger partial charge in [-0.15, -0.1) is 0 Å². The third-order valence-electron chi connectivity index (χ3n) is 6.58. The summed E-state index contributed by atoms with van der Waals surface area (Å²) in [5, 5.41) is 0. The van der Waals surface area contributed by atoms with E-state index in [4.69, 9.17) is 4.74 Å². The standard InChI is InChI=1S/C25H37FN2O3/c1-25(2,3)31-24(30)27(4)17-18-5-7-21(8-6-18)23(29)28-15-13-20(14-16-28)19-9-11-22(26)12-10-19/h9-12,18,20-21H,5-8,13-17H2,1-4H3. The molecule has 172 valence electrons. The van der Waals surface area contributed by atoms with Crippen molar-refractivity contribution in [2.24, 2.45) is 11.8 Å². The van der Waals surface area contributed by atoms with Crippen molar-refractivity contribution >= 4 is 12.0 Å². The van der Waals surface area contributed by atoms with E-state index in [1.54, 1.807) is 11.9 Å². The molecule has 0 bridgehead atoms. The van der Waals surface area contributed by atoms with Crippen LogP contribution in [0.15, 0.2) is 24.3 Å². The molecule has 2 aliphatic rings. The fraction of sp³-hybridized carbons (Fsp3) is 0.680. The van der Waals surface area contributed by atoms with E-state index in [0.717, 1.165) is 51.6 Å². The maximum absolute atomic E-state index is 13.2. The monoisotopic (exact) mass is 432 g/mol. The summed E-state index contributed by atoms with van der Waals surface area (Å²) >= 11 is 0. The van der Waals surface area contributed by atoms with Gasteiger partial charge in [-0.25, -0.2) is 9.18 Å². The molecule has 1 aromatic rings. The molecule has 1 saturated carbocycles. The summed E-state index contributed by atoms with van der Waals surface area (Å²) in [5.41, 5.74) is 0.683. The fourth-order valence-electron chi connectivity index (χ4n) is 4.82. The number of ether oxygens (including phenoxy) is 1. The molecule has 3 rings (SSSR count). The second-order valence-electron chi connectivity index (χ2n) is 10.2. The minimum absolute atomic E-state index is 0.102. The molecule has 1 aliphatic heterocycles. The quantitative estimate of drug-likeness (QED) is 0.657. The number of benzene rings is 1. The lowest BCUT2D eigenvalue weighted by molar-refractivity contribution is -0.138. The van der Waals surface area contributed by atoms with Crippen molar-refractivity contribution in [3.63, 3.8) is 0 Å². The van der Waals surface area contributed by atoms with Crippen LogP contribution in [0, 0.1) is 17.7 Å². The Morgan fingerprint density at radius 2 is 1.61 bits per heavy atom. The maximum atomic E-state index is 13.2. The molecular formula is C25H37FN2O3. The molecule has 1 aromatic carbocycles. The van der Waals surface area contributed by atoms with Gasteiger partial charge in [0.15, 0.2) is 0 Å². The first-order valence-electron chi connectivity index (χ1n) is 11.6. The van der Waals surface area contributed by atoms with Gasteiger partial charge in [-0.2, -0.15) is 0 Å². The van der Waals surface area contributed by atoms with Crippen LogP contribution in [0.25, 0.3) is 0 Å². The van der Waals surface area contributed by atoms with E-state index in [-0.39, 0.29) is 23.7 Å². The number of rotatable bonds is 4. The number of carbonyl (C=O) groups excluding carboxylic acids is 2. The second-order valence-corrected chi connectivity index (χ2v) is 10.2. The number of hydrogen-bond donors (Lipinski definition) is 0. The SMILES string of the molecule is CN(CC1CCC(C(=O)N2CCC(c3ccc(F)cc3)CC2)CC1)C(=O)OC(C)(C)C. The molecule has 5 nitrogen and oxygen atoms in total. The lowest BCUT2D eigenvalue weighted by Crippen LogP contribution is -2.43. The molecule has 1 aliphatic carbocycles. The van der Waals surface area contributed by atoms with Crippen LogP contribution in [-0.2, 0) is 9.53 Å². The molecule has 0 spiro atoms. The molecule has 6 heteroatoms. The largest absolute Gasteiger partial charge is 0.444 e. The molecule has 31 heavy (non-hydrogen) atoms. The highest BCUT2D eigenvalue weighted by molar-refractivity contribution is 5.79. The van der Waals surface area contributed by atoms with Crippen molar-refractivity contribution in [3.05, 3.63) is 35.6 Å². The van der Waals surface area contributed by atoms with Crippen molar-refractivity contribution in [1.29, 1.82) is 0 Å². The normalized spacial score (nSPS) is 22.8. The molecule has 1 heterocycles. The third-order valence-corrected chi connectivity index (χ3v) is 6.58. The summed E-state index contributed by atoms with van der Waals surface area (Å²) in [6.45, 7) is 7.86. The average Bonchev–Trinajstić information content (AvgIpc) is 2.73. The molecule has 0 aromatic heterocycles. The van der Waals surface area contributed by atoms with E-state index in [0.29, 0.717) is 18.4 Å². The Morgan fingerprint density at radius 1 is 1.03 bits per heavy atom. The Balaban J connectivity index is 1.41. The van der Waals surface area contributed by atoms with Crippen LogP contribution < -0.4 is 0 Å². The Hall–Kier alpha value is -2.11. The van der Waals surface area contributed by atoms with Gasteiger partial charge in [0, 0.05) is 32.6 Å². The highest BCUT2D eigenvalue weighted by Gasteiger charge is 2.32. The number of piperidine rings is 1. The van der Waals surface area contributed by atoms with Crippen molar-refractivity contribution in [3.8, 4) is 0 Å². The number of amides is 2. The second kappa shape index (κ2) is 10.0. The highest BCUT2D eigenvalue weighted by Crippen LogP contribution is 2.33. The Labute approximate surface area is 185 Å². The van der Waals surface area contributed by atoms with Crippen molar-refractivity contribution in [2.75, 3.05) is 26.7 Å². The van der Waals surface area contributed by atoms with Gasteiger partial charge in [-0.05, 0) is 88.8 Å². The van der Waals surface area contributed by atoms with E-state index < -0.39 is 5.60 Å². The van der Waals surface area contributed by atoms with Gasteiger partial charge in [0.05, 0.1) is 0 Å². The highest BCUT2D eigenvalue weighted by atomic mass is 19.1. The van der Waals surface area contributed by atoms with Gasteiger partial charge < -0.3 is 14.5 Å². The Kier molecular flexibility index (Phi) is 7.60.